The van der Waals surface area contributed by atoms with Crippen molar-refractivity contribution < 1.29 is 45.6 Å². The first-order valence-corrected chi connectivity index (χ1v) is 20.8. The summed E-state index contributed by atoms with van der Waals surface area (Å²) in [6, 6.07) is 20.9. The second-order valence-corrected chi connectivity index (χ2v) is 15.5. The summed E-state index contributed by atoms with van der Waals surface area (Å²) in [5, 5.41) is 22.4. The number of aryl methyl sites for hydroxylation is 2. The molecule has 0 bridgehead atoms. The first kappa shape index (κ1) is 46.3. The molecule has 4 rings (SSSR count). The Kier molecular flexibility index (Phi) is 20.8. The molecular weight excluding hydrogens is 745 g/mol. The van der Waals surface area contributed by atoms with E-state index in [1.54, 1.807) is 30.3 Å². The van der Waals surface area contributed by atoms with Crippen molar-refractivity contribution >= 4 is 58.0 Å². The van der Waals surface area contributed by atoms with E-state index in [9.17, 15) is 31.6 Å². The molecule has 0 unspecified atom stereocenters. The molecule has 0 fully saturated rings. The van der Waals surface area contributed by atoms with Gasteiger partial charge in [0.1, 0.15) is 27.4 Å². The zero-order valence-corrected chi connectivity index (χ0v) is 34.5. The Morgan fingerprint density at radius 2 is 1.04 bits per heavy atom. The zero-order valence-electron chi connectivity index (χ0n) is 30.7. The molecule has 284 valence electrons. The molecule has 0 radical (unpaired) electrons. The maximum atomic E-state index is 12.2. The molecule has 10 nitrogen and oxygen atoms in total. The van der Waals surface area contributed by atoms with Gasteiger partial charge in [-0.15, -0.1) is 0 Å². The van der Waals surface area contributed by atoms with Gasteiger partial charge in [0.15, 0.2) is 11.5 Å². The Morgan fingerprint density at radius 3 is 1.53 bits per heavy atom. The van der Waals surface area contributed by atoms with E-state index in [0.29, 0.717) is 0 Å². The monoisotopic (exact) mass is 794 g/mol. The SMILES string of the molecule is CCCCCCCCc1ccc(Oc2cccc(S(=O)(=O)O)c2)c(O)c1.CCCCCCCCc1ccc(Oc2cccc(S(=O)(=O)[O-])c2)c([O-])c1.[Ca+2]. The van der Waals surface area contributed by atoms with Gasteiger partial charge in [0.05, 0.1) is 9.79 Å². The number of benzene rings is 4. The Balaban J connectivity index is 0.000000360. The van der Waals surface area contributed by atoms with Crippen LogP contribution in [0.2, 0.25) is 0 Å². The molecule has 0 saturated carbocycles. The predicted octanol–water partition coefficient (Wildman–Crippen LogP) is 9.31. The van der Waals surface area contributed by atoms with Crippen LogP contribution in [0, 0.1) is 0 Å². The van der Waals surface area contributed by atoms with Crippen molar-refractivity contribution in [3.8, 4) is 34.5 Å². The van der Waals surface area contributed by atoms with Crippen LogP contribution in [0.5, 0.6) is 34.5 Å². The third-order valence-electron chi connectivity index (χ3n) is 8.32. The van der Waals surface area contributed by atoms with Crippen LogP contribution in [0.4, 0.5) is 0 Å². The molecule has 0 spiro atoms. The van der Waals surface area contributed by atoms with Crippen LogP contribution in [0.1, 0.15) is 102 Å². The standard InChI is InChI=1S/2C20H26O5S.Ca/c2*1-2-3-4-5-6-7-9-16-12-13-20(19(21)14-16)25-17-10-8-11-18(15-17)26(22,23)24;/h2*8,10-15,21H,2-7,9H2,1H3,(H,22,23,24);/q;;+2/p-2. The number of phenols is 1. The van der Waals surface area contributed by atoms with E-state index in [-0.39, 0.29) is 82.0 Å². The van der Waals surface area contributed by atoms with Gasteiger partial charge in [0.2, 0.25) is 0 Å². The van der Waals surface area contributed by atoms with E-state index >= 15 is 0 Å². The quantitative estimate of drug-likeness (QED) is 0.0499. The largest absolute Gasteiger partial charge is 2.00 e. The summed E-state index contributed by atoms with van der Waals surface area (Å²) in [5.74, 6) is 0.456. The molecule has 13 heteroatoms. The van der Waals surface area contributed by atoms with Crippen LogP contribution >= 0.6 is 0 Å². The fourth-order valence-corrected chi connectivity index (χ4v) is 6.48. The molecule has 2 N–H and O–H groups in total. The fraction of sp³-hybridized carbons (Fsp3) is 0.400. The molecule has 4 aromatic carbocycles. The third-order valence-corrected chi connectivity index (χ3v) is 10.0. The van der Waals surface area contributed by atoms with Gasteiger partial charge in [-0.25, -0.2) is 8.42 Å². The molecule has 4 aromatic rings. The zero-order chi connectivity index (χ0) is 38.0. The van der Waals surface area contributed by atoms with E-state index in [2.05, 4.69) is 13.8 Å². The summed E-state index contributed by atoms with van der Waals surface area (Å²) < 4.78 is 75.6. The summed E-state index contributed by atoms with van der Waals surface area (Å²) in [6.07, 6.45) is 16.2. The number of phenolic OH excluding ortho intramolecular Hbond substituents is 1. The number of hydrogen-bond donors (Lipinski definition) is 2. The second-order valence-electron chi connectivity index (χ2n) is 12.7. The van der Waals surface area contributed by atoms with Crippen LogP contribution in [-0.2, 0) is 33.1 Å². The number of ether oxygens (including phenoxy) is 2. The normalized spacial score (nSPS) is 11.2. The average Bonchev–Trinajstić information content (AvgIpc) is 3.10. The van der Waals surface area contributed by atoms with Crippen LogP contribution in [-0.4, -0.2) is 68.8 Å². The average molecular weight is 795 g/mol. The van der Waals surface area contributed by atoms with Crippen molar-refractivity contribution in [2.24, 2.45) is 0 Å². The minimum absolute atomic E-state index is 0. The molecule has 0 aliphatic heterocycles. The van der Waals surface area contributed by atoms with Crippen LogP contribution < -0.4 is 14.6 Å². The van der Waals surface area contributed by atoms with Gasteiger partial charge in [-0.05, 0) is 85.3 Å². The van der Waals surface area contributed by atoms with Crippen molar-refractivity contribution in [1.82, 2.24) is 0 Å². The van der Waals surface area contributed by atoms with E-state index in [0.717, 1.165) is 49.3 Å². The minimum Gasteiger partial charge on any atom is -0.870 e. The van der Waals surface area contributed by atoms with Gasteiger partial charge in [0.25, 0.3) is 10.1 Å². The third kappa shape index (κ3) is 17.4. The topological polar surface area (TPSA) is 173 Å². The number of unbranched alkanes of at least 4 members (excludes halogenated alkanes) is 10. The molecule has 0 amide bonds. The molecule has 0 heterocycles. The summed E-state index contributed by atoms with van der Waals surface area (Å²) in [7, 11) is -8.86. The van der Waals surface area contributed by atoms with Gasteiger partial charge >= 0.3 is 37.7 Å². The second kappa shape index (κ2) is 23.8. The van der Waals surface area contributed by atoms with Gasteiger partial charge < -0.3 is 24.2 Å². The maximum absolute atomic E-state index is 12.2. The van der Waals surface area contributed by atoms with Gasteiger partial charge in [-0.2, -0.15) is 8.42 Å². The molecule has 0 aliphatic rings. The first-order valence-electron chi connectivity index (χ1n) is 17.9. The van der Waals surface area contributed by atoms with E-state index < -0.39 is 20.2 Å². The van der Waals surface area contributed by atoms with Crippen LogP contribution in [0.25, 0.3) is 0 Å². The first-order chi connectivity index (χ1) is 24.8. The Labute approximate surface area is 345 Å². The minimum atomic E-state index is -4.56. The summed E-state index contributed by atoms with van der Waals surface area (Å²) in [4.78, 5) is -0.642. The predicted molar refractivity (Wildman–Crippen MR) is 205 cm³/mol. The maximum Gasteiger partial charge on any atom is 2.00 e. The van der Waals surface area contributed by atoms with Gasteiger partial charge in [-0.3, -0.25) is 4.55 Å². The smallest absolute Gasteiger partial charge is 0.870 e. The van der Waals surface area contributed by atoms with Crippen molar-refractivity contribution in [2.45, 2.75) is 114 Å². The molecule has 0 aromatic heterocycles. The van der Waals surface area contributed by atoms with Crippen molar-refractivity contribution in [3.63, 3.8) is 0 Å². The Bertz CT molecular complexity index is 1780. The molecular formula is C40H50CaO10S2. The van der Waals surface area contributed by atoms with Gasteiger partial charge in [0, 0.05) is 6.07 Å². The Hall–Kier alpha value is -2.84. The molecule has 0 aliphatic carbocycles. The number of rotatable bonds is 20. The van der Waals surface area contributed by atoms with E-state index in [1.807, 2.05) is 12.1 Å². The Morgan fingerprint density at radius 1 is 0.585 bits per heavy atom. The molecule has 0 saturated heterocycles. The molecule has 53 heavy (non-hydrogen) atoms. The van der Waals surface area contributed by atoms with Crippen molar-refractivity contribution in [3.05, 3.63) is 96.1 Å². The summed E-state index contributed by atoms with van der Waals surface area (Å²) >= 11 is 0. The van der Waals surface area contributed by atoms with Crippen molar-refractivity contribution in [1.29, 1.82) is 0 Å². The van der Waals surface area contributed by atoms with Gasteiger partial charge in [-0.1, -0.05) is 114 Å². The van der Waals surface area contributed by atoms with E-state index in [4.69, 9.17) is 14.0 Å². The van der Waals surface area contributed by atoms with Crippen LogP contribution in [0.15, 0.2) is 94.7 Å². The molecule has 0 atom stereocenters. The van der Waals surface area contributed by atoms with Crippen LogP contribution in [0.3, 0.4) is 0 Å². The van der Waals surface area contributed by atoms with E-state index in [1.165, 1.54) is 94.2 Å². The summed E-state index contributed by atoms with van der Waals surface area (Å²) in [5.41, 5.74) is 2.01. The van der Waals surface area contributed by atoms with Crippen molar-refractivity contribution in [2.75, 3.05) is 0 Å². The number of aromatic hydroxyl groups is 1. The summed E-state index contributed by atoms with van der Waals surface area (Å²) in [6.45, 7) is 4.39. The fourth-order valence-electron chi connectivity index (χ4n) is 5.46. The number of hydrogen-bond acceptors (Lipinski definition) is 9.